The third-order valence-electron chi connectivity index (χ3n) is 4.64. The number of thiazole rings is 1. The summed E-state index contributed by atoms with van der Waals surface area (Å²) in [6.07, 6.45) is 15.2. The van der Waals surface area contributed by atoms with Crippen molar-refractivity contribution in [1.82, 2.24) is 4.98 Å². The highest BCUT2D eigenvalue weighted by atomic mass is 32.1. The summed E-state index contributed by atoms with van der Waals surface area (Å²) in [5.41, 5.74) is 1.17. The summed E-state index contributed by atoms with van der Waals surface area (Å²) in [4.78, 5) is 4.03. The predicted octanol–water partition coefficient (Wildman–Crippen LogP) is 7.43. The lowest BCUT2D eigenvalue weighted by atomic mass is 10.0. The fourth-order valence-electron chi connectivity index (χ4n) is 3.05. The summed E-state index contributed by atoms with van der Waals surface area (Å²) in [5.74, 6) is 0.0521. The zero-order chi connectivity index (χ0) is 19.3. The Bertz CT molecular complexity index is 687. The Morgan fingerprint density at radius 2 is 1.52 bits per heavy atom. The molecule has 0 atom stereocenters. The summed E-state index contributed by atoms with van der Waals surface area (Å²) < 4.78 is 0. The van der Waals surface area contributed by atoms with Crippen molar-refractivity contribution in [1.29, 1.82) is 0 Å². The van der Waals surface area contributed by atoms with Crippen LogP contribution in [-0.4, -0.2) is 15.2 Å². The van der Waals surface area contributed by atoms with E-state index in [4.69, 9.17) is 0 Å². The second-order valence-corrected chi connectivity index (χ2v) is 7.79. The van der Waals surface area contributed by atoms with Crippen LogP contribution in [0.4, 0.5) is 10.8 Å². The minimum atomic E-state index is -0.0698. The van der Waals surface area contributed by atoms with Crippen LogP contribution in [0.25, 0.3) is 0 Å². The van der Waals surface area contributed by atoms with Gasteiger partial charge in [-0.05, 0) is 24.5 Å². The number of rotatable bonds is 13. The van der Waals surface area contributed by atoms with Gasteiger partial charge in [-0.15, -0.1) is 21.6 Å². The smallest absolute Gasteiger partial charge is 0.229 e. The van der Waals surface area contributed by atoms with Crippen molar-refractivity contribution in [2.75, 3.05) is 0 Å². The number of hydrogen-bond acceptors (Lipinski definition) is 6. The molecular formula is C21H31N3O2S. The first-order valence-electron chi connectivity index (χ1n) is 10.1. The maximum Gasteiger partial charge on any atom is 0.229 e. The number of aryl methyl sites for hydroxylation is 1. The SMILES string of the molecule is CCCCCCCCCCCCc1cc(/N=N/c2nccs2)c(O)cc1O. The highest BCUT2D eigenvalue weighted by Crippen LogP contribution is 2.35. The number of azo groups is 1. The van der Waals surface area contributed by atoms with Crippen molar-refractivity contribution < 1.29 is 10.2 Å². The predicted molar refractivity (Wildman–Crippen MR) is 112 cm³/mol. The van der Waals surface area contributed by atoms with Crippen molar-refractivity contribution in [3.8, 4) is 11.5 Å². The zero-order valence-corrected chi connectivity index (χ0v) is 17.0. The lowest BCUT2D eigenvalue weighted by molar-refractivity contribution is 0.445. The second kappa shape index (κ2) is 12.4. The highest BCUT2D eigenvalue weighted by molar-refractivity contribution is 7.13. The molecule has 0 aliphatic heterocycles. The molecule has 0 aliphatic carbocycles. The molecule has 2 rings (SSSR count). The molecule has 0 amide bonds. The average Bonchev–Trinajstić information content (AvgIpc) is 3.17. The molecule has 1 aromatic heterocycles. The van der Waals surface area contributed by atoms with Gasteiger partial charge in [-0.3, -0.25) is 0 Å². The molecule has 0 bridgehead atoms. The van der Waals surface area contributed by atoms with Gasteiger partial charge in [0.2, 0.25) is 5.13 Å². The number of benzene rings is 1. The number of phenols is 2. The van der Waals surface area contributed by atoms with Gasteiger partial charge >= 0.3 is 0 Å². The number of aromatic hydroxyl groups is 2. The summed E-state index contributed by atoms with van der Waals surface area (Å²) in [7, 11) is 0. The number of nitrogens with zero attached hydrogens (tertiary/aromatic N) is 3. The molecule has 2 aromatic rings. The molecule has 0 saturated carbocycles. The second-order valence-electron chi connectivity index (χ2n) is 6.92. The third kappa shape index (κ3) is 8.08. The van der Waals surface area contributed by atoms with Crippen LogP contribution in [0.3, 0.4) is 0 Å². The van der Waals surface area contributed by atoms with E-state index < -0.39 is 0 Å². The van der Waals surface area contributed by atoms with Crippen LogP contribution >= 0.6 is 11.3 Å². The van der Waals surface area contributed by atoms with E-state index in [1.54, 1.807) is 12.3 Å². The largest absolute Gasteiger partial charge is 0.508 e. The maximum absolute atomic E-state index is 10.1. The number of aromatic nitrogens is 1. The molecule has 5 nitrogen and oxygen atoms in total. The Labute approximate surface area is 166 Å². The molecule has 148 valence electrons. The van der Waals surface area contributed by atoms with Gasteiger partial charge in [0.1, 0.15) is 17.2 Å². The van der Waals surface area contributed by atoms with Crippen LogP contribution in [0.2, 0.25) is 0 Å². The van der Waals surface area contributed by atoms with Crippen molar-refractivity contribution in [2.45, 2.75) is 77.6 Å². The summed E-state index contributed by atoms with van der Waals surface area (Å²) >= 11 is 1.38. The number of phenolic OH excluding ortho intramolecular Hbond substituents is 2. The molecule has 1 aromatic carbocycles. The van der Waals surface area contributed by atoms with Crippen LogP contribution < -0.4 is 0 Å². The highest BCUT2D eigenvalue weighted by Gasteiger charge is 2.09. The number of unbranched alkanes of at least 4 members (excludes halogenated alkanes) is 9. The fourth-order valence-corrected chi connectivity index (χ4v) is 3.51. The quantitative estimate of drug-likeness (QED) is 0.276. The number of hydrogen-bond donors (Lipinski definition) is 2. The van der Waals surface area contributed by atoms with E-state index in [-0.39, 0.29) is 11.5 Å². The molecule has 2 N–H and O–H groups in total. The average molecular weight is 390 g/mol. The van der Waals surface area contributed by atoms with Gasteiger partial charge in [-0.25, -0.2) is 4.98 Å². The van der Waals surface area contributed by atoms with Gasteiger partial charge in [0.05, 0.1) is 0 Å². The fraction of sp³-hybridized carbons (Fsp3) is 0.571. The Morgan fingerprint density at radius 1 is 0.852 bits per heavy atom. The Balaban J connectivity index is 1.72. The van der Waals surface area contributed by atoms with Crippen molar-refractivity contribution in [2.24, 2.45) is 10.2 Å². The lowest BCUT2D eigenvalue weighted by Crippen LogP contribution is -1.88. The molecule has 0 spiro atoms. The monoisotopic (exact) mass is 389 g/mol. The van der Waals surface area contributed by atoms with E-state index in [0.29, 0.717) is 10.8 Å². The summed E-state index contributed by atoms with van der Waals surface area (Å²) in [6, 6.07) is 3.07. The van der Waals surface area contributed by atoms with Crippen LogP contribution in [0.1, 0.15) is 76.7 Å². The molecule has 0 saturated heterocycles. The molecule has 0 fully saturated rings. The van der Waals surface area contributed by atoms with E-state index in [1.807, 2.05) is 5.38 Å². The van der Waals surface area contributed by atoms with E-state index in [0.717, 1.165) is 24.8 Å². The Kier molecular flexibility index (Phi) is 9.84. The molecule has 6 heteroatoms. The third-order valence-corrected chi connectivity index (χ3v) is 5.29. The van der Waals surface area contributed by atoms with Crippen LogP contribution in [0.5, 0.6) is 11.5 Å². The van der Waals surface area contributed by atoms with Gasteiger partial charge in [-0.1, -0.05) is 64.7 Å². The standard InChI is InChI=1S/C21H31N3O2S/c1-2-3-4-5-6-7-8-9-10-11-12-17-15-18(20(26)16-19(17)25)23-24-21-22-13-14-27-21/h13-16,25-26H,2-12H2,1H3/b24-23+. The van der Waals surface area contributed by atoms with Crippen molar-refractivity contribution in [3.05, 3.63) is 29.3 Å². The van der Waals surface area contributed by atoms with E-state index in [2.05, 4.69) is 22.1 Å². The van der Waals surface area contributed by atoms with E-state index in [1.165, 1.54) is 68.8 Å². The lowest BCUT2D eigenvalue weighted by Gasteiger charge is -2.07. The van der Waals surface area contributed by atoms with Gasteiger partial charge in [0.15, 0.2) is 0 Å². The van der Waals surface area contributed by atoms with Gasteiger partial charge in [0, 0.05) is 17.6 Å². The van der Waals surface area contributed by atoms with Crippen LogP contribution in [0, 0.1) is 0 Å². The Morgan fingerprint density at radius 3 is 2.15 bits per heavy atom. The molecule has 1 heterocycles. The molecule has 27 heavy (non-hydrogen) atoms. The minimum absolute atomic E-state index is 0.0698. The Hall–Kier alpha value is -1.95. The van der Waals surface area contributed by atoms with Crippen LogP contribution in [0.15, 0.2) is 33.9 Å². The van der Waals surface area contributed by atoms with Crippen molar-refractivity contribution >= 4 is 22.2 Å². The van der Waals surface area contributed by atoms with Gasteiger partial charge in [-0.2, -0.15) is 0 Å². The van der Waals surface area contributed by atoms with E-state index >= 15 is 0 Å². The maximum atomic E-state index is 10.1. The zero-order valence-electron chi connectivity index (χ0n) is 16.2. The first-order chi connectivity index (χ1) is 13.2. The van der Waals surface area contributed by atoms with Crippen LogP contribution in [-0.2, 0) is 6.42 Å². The van der Waals surface area contributed by atoms with Crippen molar-refractivity contribution in [3.63, 3.8) is 0 Å². The normalized spacial score (nSPS) is 11.4. The van der Waals surface area contributed by atoms with E-state index in [9.17, 15) is 10.2 Å². The first kappa shape index (κ1) is 21.4. The molecule has 0 radical (unpaired) electrons. The van der Waals surface area contributed by atoms with Gasteiger partial charge < -0.3 is 10.2 Å². The summed E-state index contributed by atoms with van der Waals surface area (Å²) in [5, 5.41) is 30.5. The first-order valence-corrected chi connectivity index (χ1v) is 10.9. The topological polar surface area (TPSA) is 78.1 Å². The minimum Gasteiger partial charge on any atom is -0.508 e. The van der Waals surface area contributed by atoms with Gasteiger partial charge in [0.25, 0.3) is 0 Å². The molecule has 0 unspecified atom stereocenters. The summed E-state index contributed by atoms with van der Waals surface area (Å²) in [6.45, 7) is 2.25. The molecule has 0 aliphatic rings. The molecular weight excluding hydrogens is 358 g/mol.